The summed E-state index contributed by atoms with van der Waals surface area (Å²) in [6, 6.07) is 1.64. The van der Waals surface area contributed by atoms with Gasteiger partial charge in [-0.3, -0.25) is 4.79 Å². The van der Waals surface area contributed by atoms with Crippen LogP contribution in [-0.4, -0.2) is 29.3 Å². The lowest BCUT2D eigenvalue weighted by molar-refractivity contribution is -0.0615. The van der Waals surface area contributed by atoms with E-state index in [0.29, 0.717) is 11.5 Å². The zero-order valence-corrected chi connectivity index (χ0v) is 10.8. The number of nitrogens with one attached hydrogen (secondary N) is 1. The molecule has 1 atom stereocenters. The van der Waals surface area contributed by atoms with Crippen LogP contribution in [0.1, 0.15) is 36.4 Å². The molecule has 1 fully saturated rings. The van der Waals surface area contributed by atoms with Gasteiger partial charge >= 0.3 is 0 Å². The van der Waals surface area contributed by atoms with Crippen LogP contribution >= 0.6 is 11.3 Å². The summed E-state index contributed by atoms with van der Waals surface area (Å²) in [6.45, 7) is 4.73. The summed E-state index contributed by atoms with van der Waals surface area (Å²) >= 11 is 1.25. The molecule has 0 aliphatic carbocycles. The quantitative estimate of drug-likeness (QED) is 0.851. The average molecular weight is 255 g/mol. The zero-order valence-electron chi connectivity index (χ0n) is 10.0. The molecule has 1 amide bonds. The van der Waals surface area contributed by atoms with Gasteiger partial charge in [0.2, 0.25) is 0 Å². The van der Waals surface area contributed by atoms with Crippen LogP contribution in [0.15, 0.2) is 11.4 Å². The summed E-state index contributed by atoms with van der Waals surface area (Å²) in [5.41, 5.74) is -0.173. The Morgan fingerprint density at radius 1 is 1.65 bits per heavy atom. The normalized spacial score (nSPS) is 23.3. The van der Waals surface area contributed by atoms with Crippen LogP contribution in [0.5, 0.6) is 5.75 Å². The number of thiophene rings is 1. The van der Waals surface area contributed by atoms with Gasteiger partial charge in [0.15, 0.2) is 0 Å². The van der Waals surface area contributed by atoms with E-state index in [1.54, 1.807) is 5.38 Å². The molecule has 0 spiro atoms. The van der Waals surface area contributed by atoms with Gasteiger partial charge in [-0.1, -0.05) is 0 Å². The molecule has 0 bridgehead atoms. The number of ether oxygens (including phenoxy) is 1. The second-order valence-electron chi connectivity index (χ2n) is 4.94. The van der Waals surface area contributed by atoms with Crippen molar-refractivity contribution in [1.29, 1.82) is 0 Å². The van der Waals surface area contributed by atoms with E-state index >= 15 is 0 Å². The van der Waals surface area contributed by atoms with Gasteiger partial charge in [-0.05, 0) is 26.7 Å². The van der Waals surface area contributed by atoms with Gasteiger partial charge in [0.25, 0.3) is 5.91 Å². The molecule has 1 aromatic rings. The first kappa shape index (κ1) is 12.4. The van der Waals surface area contributed by atoms with E-state index < -0.39 is 0 Å². The fourth-order valence-electron chi connectivity index (χ4n) is 2.06. The zero-order chi connectivity index (χ0) is 12.5. The van der Waals surface area contributed by atoms with Crippen molar-refractivity contribution >= 4 is 17.2 Å². The summed E-state index contributed by atoms with van der Waals surface area (Å²) in [5.74, 6) is 0.0328. The number of aromatic hydroxyl groups is 1. The van der Waals surface area contributed by atoms with E-state index in [1.807, 2.05) is 13.8 Å². The number of carbonyl (C=O) groups excluding carboxylic acids is 1. The lowest BCUT2D eigenvalue weighted by Crippen LogP contribution is -2.45. The van der Waals surface area contributed by atoms with Crippen molar-refractivity contribution < 1.29 is 14.6 Å². The summed E-state index contributed by atoms with van der Waals surface area (Å²) in [6.07, 6.45) is 1.66. The van der Waals surface area contributed by atoms with Gasteiger partial charge < -0.3 is 15.2 Å². The smallest absolute Gasteiger partial charge is 0.261 e. The highest BCUT2D eigenvalue weighted by molar-refractivity contribution is 7.12. The van der Waals surface area contributed by atoms with E-state index in [9.17, 15) is 9.90 Å². The van der Waals surface area contributed by atoms with Gasteiger partial charge in [0.1, 0.15) is 5.75 Å². The highest BCUT2D eigenvalue weighted by atomic mass is 32.1. The van der Waals surface area contributed by atoms with Gasteiger partial charge in [-0.25, -0.2) is 0 Å². The maximum absolute atomic E-state index is 11.9. The van der Waals surface area contributed by atoms with Gasteiger partial charge in [-0.15, -0.1) is 11.3 Å². The van der Waals surface area contributed by atoms with Crippen molar-refractivity contribution in [3.05, 3.63) is 16.3 Å². The van der Waals surface area contributed by atoms with Crippen molar-refractivity contribution in [3.63, 3.8) is 0 Å². The molecule has 94 valence electrons. The lowest BCUT2D eigenvalue weighted by Gasteiger charge is -2.35. The predicted octanol–water partition coefficient (Wildman–Crippen LogP) is 2.14. The van der Waals surface area contributed by atoms with E-state index in [0.717, 1.165) is 12.8 Å². The third kappa shape index (κ3) is 3.20. The van der Waals surface area contributed by atoms with Gasteiger partial charge in [0.05, 0.1) is 10.5 Å². The monoisotopic (exact) mass is 255 g/mol. The molecular weight excluding hydrogens is 238 g/mol. The van der Waals surface area contributed by atoms with Gasteiger partial charge in [-0.2, -0.15) is 0 Å². The summed E-state index contributed by atoms with van der Waals surface area (Å²) in [7, 11) is 0. The van der Waals surface area contributed by atoms with Crippen LogP contribution < -0.4 is 5.32 Å². The fourth-order valence-corrected chi connectivity index (χ4v) is 2.73. The van der Waals surface area contributed by atoms with E-state index in [4.69, 9.17) is 4.74 Å². The van der Waals surface area contributed by atoms with Crippen LogP contribution in [0, 0.1) is 0 Å². The molecule has 0 saturated carbocycles. The number of rotatable bonds is 2. The standard InChI is InChI=1S/C12H17NO3S/c1-12(2)6-8(3-4-16-12)13-11(15)10-5-9(14)7-17-10/h5,7-8,14H,3-4,6H2,1-2H3,(H,13,15)/t8-/m1/s1. The first-order chi connectivity index (χ1) is 7.96. The highest BCUT2D eigenvalue weighted by Gasteiger charge is 2.29. The van der Waals surface area contributed by atoms with Gasteiger partial charge in [0, 0.05) is 24.1 Å². The van der Waals surface area contributed by atoms with E-state index in [-0.39, 0.29) is 23.3 Å². The fraction of sp³-hybridized carbons (Fsp3) is 0.583. The Labute approximate surface area is 105 Å². The molecule has 17 heavy (non-hydrogen) atoms. The molecule has 4 nitrogen and oxygen atoms in total. The molecule has 0 radical (unpaired) electrons. The van der Waals surface area contributed by atoms with Crippen molar-refractivity contribution in [2.75, 3.05) is 6.61 Å². The highest BCUT2D eigenvalue weighted by Crippen LogP contribution is 2.25. The minimum absolute atomic E-state index is 0.113. The summed E-state index contributed by atoms with van der Waals surface area (Å²) in [5, 5.41) is 13.7. The Kier molecular flexibility index (Phi) is 3.40. The van der Waals surface area contributed by atoms with E-state index in [1.165, 1.54) is 17.4 Å². The number of carbonyl (C=O) groups is 1. The third-order valence-corrected chi connectivity index (χ3v) is 3.76. The topological polar surface area (TPSA) is 58.6 Å². The SMILES string of the molecule is CC1(C)C[C@H](NC(=O)c2cc(O)cs2)CCO1. The Bertz CT molecular complexity index is 414. The molecule has 0 unspecified atom stereocenters. The Hall–Kier alpha value is -1.07. The third-order valence-electron chi connectivity index (χ3n) is 2.84. The van der Waals surface area contributed by atoms with Crippen LogP contribution in [0.4, 0.5) is 0 Å². The minimum atomic E-state index is -0.173. The predicted molar refractivity (Wildman–Crippen MR) is 66.5 cm³/mol. The minimum Gasteiger partial charge on any atom is -0.507 e. The Morgan fingerprint density at radius 3 is 3.00 bits per heavy atom. The van der Waals surface area contributed by atoms with Crippen LogP contribution in [0.3, 0.4) is 0 Å². The maximum atomic E-state index is 11.9. The molecule has 1 aliphatic rings. The molecule has 0 aromatic carbocycles. The van der Waals surface area contributed by atoms with Crippen LogP contribution in [0.2, 0.25) is 0 Å². The first-order valence-corrected chi connectivity index (χ1v) is 6.56. The van der Waals surface area contributed by atoms with Crippen LogP contribution in [-0.2, 0) is 4.74 Å². The largest absolute Gasteiger partial charge is 0.507 e. The maximum Gasteiger partial charge on any atom is 0.261 e. The molecule has 2 heterocycles. The molecule has 2 N–H and O–H groups in total. The van der Waals surface area contributed by atoms with E-state index in [2.05, 4.69) is 5.32 Å². The second kappa shape index (κ2) is 4.66. The Balaban J connectivity index is 1.95. The lowest BCUT2D eigenvalue weighted by atomic mass is 9.94. The molecule has 5 heteroatoms. The average Bonchev–Trinajstić information content (AvgIpc) is 2.63. The molecule has 1 aromatic heterocycles. The summed E-state index contributed by atoms with van der Waals surface area (Å²) < 4.78 is 5.60. The second-order valence-corrected chi connectivity index (χ2v) is 5.85. The van der Waals surface area contributed by atoms with Crippen LogP contribution in [0.25, 0.3) is 0 Å². The van der Waals surface area contributed by atoms with Crippen molar-refractivity contribution in [1.82, 2.24) is 5.32 Å². The number of hydrogen-bond donors (Lipinski definition) is 2. The summed E-state index contributed by atoms with van der Waals surface area (Å²) in [4.78, 5) is 12.4. The Morgan fingerprint density at radius 2 is 2.41 bits per heavy atom. The van der Waals surface area contributed by atoms with Crippen molar-refractivity contribution in [3.8, 4) is 5.75 Å². The number of hydrogen-bond acceptors (Lipinski definition) is 4. The molecule has 2 rings (SSSR count). The first-order valence-electron chi connectivity index (χ1n) is 5.69. The van der Waals surface area contributed by atoms with Crippen molar-refractivity contribution in [2.45, 2.75) is 38.3 Å². The molecule has 1 aliphatic heterocycles. The molecule has 1 saturated heterocycles. The molecular formula is C12H17NO3S. The number of amides is 1. The van der Waals surface area contributed by atoms with Crippen molar-refractivity contribution in [2.24, 2.45) is 0 Å².